The van der Waals surface area contributed by atoms with Gasteiger partial charge < -0.3 is 5.73 Å². The molecule has 0 aromatic heterocycles. The summed E-state index contributed by atoms with van der Waals surface area (Å²) < 4.78 is 0. The molecule has 0 aromatic rings. The number of primary amides is 1. The van der Waals surface area contributed by atoms with Crippen LogP contribution in [0.25, 0.3) is 0 Å². The van der Waals surface area contributed by atoms with E-state index in [1.807, 2.05) is 0 Å². The molecule has 0 saturated heterocycles. The molecule has 11 heavy (non-hydrogen) atoms. The SMILES string of the molecule is C=C/C=C(C(N)=O)\C(S)=C/C. The third-order valence-electron chi connectivity index (χ3n) is 1.10. The first kappa shape index (κ1) is 10.0. The molecule has 2 N–H and O–H groups in total. The van der Waals surface area contributed by atoms with Gasteiger partial charge in [-0.15, -0.1) is 12.6 Å². The first-order chi connectivity index (χ1) is 5.13. The first-order valence-electron chi connectivity index (χ1n) is 3.11. The van der Waals surface area contributed by atoms with Gasteiger partial charge in [-0.25, -0.2) is 0 Å². The molecule has 0 fully saturated rings. The van der Waals surface area contributed by atoms with Crippen LogP contribution in [-0.4, -0.2) is 5.91 Å². The summed E-state index contributed by atoms with van der Waals surface area (Å²) in [6.45, 7) is 5.23. The fourth-order valence-electron chi connectivity index (χ4n) is 0.567. The van der Waals surface area contributed by atoms with Crippen molar-refractivity contribution in [3.63, 3.8) is 0 Å². The van der Waals surface area contributed by atoms with Gasteiger partial charge in [0.1, 0.15) is 0 Å². The molecule has 0 bridgehead atoms. The lowest BCUT2D eigenvalue weighted by molar-refractivity contribution is -0.114. The molecule has 0 saturated carbocycles. The summed E-state index contributed by atoms with van der Waals surface area (Å²) in [4.78, 5) is 11.3. The summed E-state index contributed by atoms with van der Waals surface area (Å²) in [6, 6.07) is 0. The second kappa shape index (κ2) is 4.79. The maximum Gasteiger partial charge on any atom is 0.249 e. The van der Waals surface area contributed by atoms with Gasteiger partial charge >= 0.3 is 0 Å². The van der Waals surface area contributed by atoms with Crippen LogP contribution in [0.4, 0.5) is 0 Å². The van der Waals surface area contributed by atoms with Crippen LogP contribution in [0.2, 0.25) is 0 Å². The number of carbonyl (C=O) groups is 1. The number of hydrogen-bond donors (Lipinski definition) is 2. The highest BCUT2D eigenvalue weighted by molar-refractivity contribution is 7.84. The van der Waals surface area contributed by atoms with Crippen molar-refractivity contribution in [1.29, 1.82) is 0 Å². The molecule has 0 aliphatic carbocycles. The topological polar surface area (TPSA) is 43.1 Å². The van der Waals surface area contributed by atoms with E-state index in [0.717, 1.165) is 0 Å². The van der Waals surface area contributed by atoms with Crippen LogP contribution in [-0.2, 0) is 4.79 Å². The Morgan fingerprint density at radius 2 is 2.18 bits per heavy atom. The minimum absolute atomic E-state index is 0.380. The highest BCUT2D eigenvalue weighted by Crippen LogP contribution is 2.12. The number of hydrogen-bond acceptors (Lipinski definition) is 2. The Balaban J connectivity index is 4.76. The Morgan fingerprint density at radius 3 is 2.45 bits per heavy atom. The zero-order valence-corrected chi connectivity index (χ0v) is 7.27. The van der Waals surface area contributed by atoms with Crippen LogP contribution in [0.1, 0.15) is 6.92 Å². The Morgan fingerprint density at radius 1 is 1.64 bits per heavy atom. The molecule has 0 unspecified atom stereocenters. The van der Waals surface area contributed by atoms with E-state index in [4.69, 9.17) is 5.73 Å². The fourth-order valence-corrected chi connectivity index (χ4v) is 0.752. The summed E-state index contributed by atoms with van der Waals surface area (Å²) in [6.07, 6.45) is 4.73. The van der Waals surface area contributed by atoms with Gasteiger partial charge in [0.05, 0.1) is 5.57 Å². The third kappa shape index (κ3) is 3.09. The van der Waals surface area contributed by atoms with Gasteiger partial charge in [0.2, 0.25) is 5.91 Å². The van der Waals surface area contributed by atoms with E-state index in [9.17, 15) is 4.79 Å². The van der Waals surface area contributed by atoms with Gasteiger partial charge in [-0.3, -0.25) is 4.79 Å². The predicted octanol–water partition coefficient (Wildman–Crippen LogP) is 1.42. The molecular formula is C8H11NOS. The van der Waals surface area contributed by atoms with Crippen molar-refractivity contribution in [2.24, 2.45) is 5.73 Å². The van der Waals surface area contributed by atoms with Gasteiger partial charge in [0.15, 0.2) is 0 Å². The second-order valence-corrected chi connectivity index (χ2v) is 2.34. The van der Waals surface area contributed by atoms with E-state index >= 15 is 0 Å². The van der Waals surface area contributed by atoms with Crippen molar-refractivity contribution in [2.45, 2.75) is 6.92 Å². The van der Waals surface area contributed by atoms with E-state index in [2.05, 4.69) is 19.2 Å². The molecule has 2 nitrogen and oxygen atoms in total. The Labute approximate surface area is 71.9 Å². The van der Waals surface area contributed by atoms with E-state index in [1.54, 1.807) is 13.0 Å². The number of nitrogens with two attached hydrogens (primary N) is 1. The van der Waals surface area contributed by atoms with Crippen LogP contribution in [0.15, 0.2) is 35.3 Å². The molecule has 0 spiro atoms. The standard InChI is InChI=1S/C8H11NOS/c1-3-5-6(8(9)10)7(11)4-2/h3-5,11H,1H2,2H3,(H2,9,10)/b6-5+,7-4+. The van der Waals surface area contributed by atoms with Crippen molar-refractivity contribution < 1.29 is 4.79 Å². The van der Waals surface area contributed by atoms with Crippen molar-refractivity contribution in [3.8, 4) is 0 Å². The minimum atomic E-state index is -0.493. The third-order valence-corrected chi connectivity index (χ3v) is 1.60. The van der Waals surface area contributed by atoms with Gasteiger partial charge in [-0.2, -0.15) is 0 Å². The van der Waals surface area contributed by atoms with Crippen LogP contribution in [0.5, 0.6) is 0 Å². The maximum absolute atomic E-state index is 10.7. The lowest BCUT2D eigenvalue weighted by Gasteiger charge is -1.99. The molecule has 0 atom stereocenters. The van der Waals surface area contributed by atoms with Gasteiger partial charge in [-0.05, 0) is 13.0 Å². The lowest BCUT2D eigenvalue weighted by Crippen LogP contribution is -2.13. The number of thiol groups is 1. The summed E-state index contributed by atoms with van der Waals surface area (Å²) in [5, 5.41) is 0. The Hall–Kier alpha value is -0.960. The van der Waals surface area contributed by atoms with Crippen molar-refractivity contribution in [2.75, 3.05) is 0 Å². The maximum atomic E-state index is 10.7. The van der Waals surface area contributed by atoms with E-state index in [-0.39, 0.29) is 0 Å². The summed E-state index contributed by atoms with van der Waals surface area (Å²) >= 11 is 4.04. The van der Waals surface area contributed by atoms with E-state index in [1.165, 1.54) is 12.2 Å². The van der Waals surface area contributed by atoms with Crippen LogP contribution < -0.4 is 5.73 Å². The second-order valence-electron chi connectivity index (χ2n) is 1.85. The minimum Gasteiger partial charge on any atom is -0.366 e. The van der Waals surface area contributed by atoms with E-state index in [0.29, 0.717) is 10.5 Å². The number of amides is 1. The zero-order valence-electron chi connectivity index (χ0n) is 6.37. The molecule has 3 heteroatoms. The van der Waals surface area contributed by atoms with Crippen LogP contribution in [0.3, 0.4) is 0 Å². The van der Waals surface area contributed by atoms with Gasteiger partial charge in [0.25, 0.3) is 0 Å². The number of allylic oxidation sites excluding steroid dienone is 3. The fraction of sp³-hybridized carbons (Fsp3) is 0.125. The molecule has 1 amide bonds. The quantitative estimate of drug-likeness (QED) is 0.374. The van der Waals surface area contributed by atoms with Crippen molar-refractivity contribution in [3.05, 3.63) is 35.3 Å². The highest BCUT2D eigenvalue weighted by Gasteiger charge is 2.04. The summed E-state index contributed by atoms with van der Waals surface area (Å²) in [5.74, 6) is -0.493. The molecule has 0 radical (unpaired) electrons. The average Bonchev–Trinajstić information content (AvgIpc) is 1.98. The molecular weight excluding hydrogens is 158 g/mol. The normalized spacial score (nSPS) is 12.9. The van der Waals surface area contributed by atoms with Gasteiger partial charge in [-0.1, -0.05) is 18.7 Å². The van der Waals surface area contributed by atoms with E-state index < -0.39 is 5.91 Å². The number of rotatable bonds is 3. The highest BCUT2D eigenvalue weighted by atomic mass is 32.1. The Kier molecular flexibility index (Phi) is 4.38. The molecule has 0 heterocycles. The molecule has 0 aromatic carbocycles. The smallest absolute Gasteiger partial charge is 0.249 e. The van der Waals surface area contributed by atoms with Crippen molar-refractivity contribution in [1.82, 2.24) is 0 Å². The first-order valence-corrected chi connectivity index (χ1v) is 3.56. The summed E-state index contributed by atoms with van der Waals surface area (Å²) in [7, 11) is 0. The van der Waals surface area contributed by atoms with Crippen molar-refractivity contribution >= 4 is 18.5 Å². The molecule has 0 aliphatic rings. The monoisotopic (exact) mass is 169 g/mol. The molecule has 0 rings (SSSR count). The summed E-state index contributed by atoms with van der Waals surface area (Å²) in [5.41, 5.74) is 5.43. The number of carbonyl (C=O) groups excluding carboxylic acids is 1. The lowest BCUT2D eigenvalue weighted by atomic mass is 10.2. The Bertz CT molecular complexity index is 228. The predicted molar refractivity (Wildman–Crippen MR) is 50.2 cm³/mol. The average molecular weight is 169 g/mol. The van der Waals surface area contributed by atoms with Crippen LogP contribution >= 0.6 is 12.6 Å². The van der Waals surface area contributed by atoms with Crippen LogP contribution in [0, 0.1) is 0 Å². The largest absolute Gasteiger partial charge is 0.366 e. The molecule has 60 valence electrons. The van der Waals surface area contributed by atoms with Gasteiger partial charge in [0, 0.05) is 4.91 Å². The molecule has 0 aliphatic heterocycles. The zero-order chi connectivity index (χ0) is 8.85.